The van der Waals surface area contributed by atoms with Crippen LogP contribution in [-0.4, -0.2) is 14.1 Å². The molecule has 0 atom stereocenters. The van der Waals surface area contributed by atoms with E-state index in [0.29, 0.717) is 0 Å². The van der Waals surface area contributed by atoms with E-state index in [1.54, 1.807) is 0 Å². The maximum Gasteiger partial charge on any atom is 0.0440 e. The van der Waals surface area contributed by atoms with E-state index < -0.39 is 0 Å². The Kier molecular flexibility index (Phi) is 3.88. The van der Waals surface area contributed by atoms with Crippen molar-refractivity contribution in [2.24, 2.45) is 0 Å². The first kappa shape index (κ1) is 12.5. The van der Waals surface area contributed by atoms with Gasteiger partial charge in [0.2, 0.25) is 0 Å². The van der Waals surface area contributed by atoms with Crippen LogP contribution in [0.1, 0.15) is 12.5 Å². The molecule has 0 heterocycles. The molecule has 2 aromatic rings. The van der Waals surface area contributed by atoms with Gasteiger partial charge >= 0.3 is 0 Å². The minimum Gasteiger partial charge on any atom is -0.388 e. The second kappa shape index (κ2) is 5.58. The Morgan fingerprint density at radius 3 is 2.28 bits per heavy atom. The van der Waals surface area contributed by atoms with Gasteiger partial charge in [-0.1, -0.05) is 25.1 Å². The van der Waals surface area contributed by atoms with Gasteiger partial charge in [-0.2, -0.15) is 0 Å². The van der Waals surface area contributed by atoms with Crippen molar-refractivity contribution in [2.75, 3.05) is 24.3 Å². The van der Waals surface area contributed by atoms with Crippen molar-refractivity contribution >= 4 is 17.1 Å². The summed E-state index contributed by atoms with van der Waals surface area (Å²) in [5.41, 5.74) is 4.99. The molecule has 0 bridgehead atoms. The van der Waals surface area contributed by atoms with Gasteiger partial charge in [0.1, 0.15) is 0 Å². The molecule has 0 amide bonds. The molecule has 0 saturated heterocycles. The van der Waals surface area contributed by atoms with E-state index in [2.05, 4.69) is 72.7 Å². The monoisotopic (exact) mass is 240 g/mol. The summed E-state index contributed by atoms with van der Waals surface area (Å²) in [6.07, 6.45) is 1.05. The zero-order valence-corrected chi connectivity index (χ0v) is 11.3. The summed E-state index contributed by atoms with van der Waals surface area (Å²) in [5.74, 6) is 0. The minimum atomic E-state index is 1.05. The van der Waals surface area contributed by atoms with Crippen LogP contribution in [0, 0.1) is 0 Å². The third-order valence-corrected chi connectivity index (χ3v) is 3.28. The molecule has 2 rings (SSSR count). The fraction of sp³-hybridized carbons (Fsp3) is 0.250. The molecule has 2 nitrogen and oxygen atoms in total. The maximum atomic E-state index is 3.14. The Balaban J connectivity index is 2.31. The third-order valence-electron chi connectivity index (χ3n) is 3.28. The fourth-order valence-corrected chi connectivity index (χ4v) is 2.13. The van der Waals surface area contributed by atoms with Crippen LogP contribution in [0.15, 0.2) is 48.5 Å². The molecule has 0 spiro atoms. The highest BCUT2D eigenvalue weighted by Crippen LogP contribution is 2.28. The molecule has 0 saturated carbocycles. The topological polar surface area (TPSA) is 15.3 Å². The molecule has 2 aromatic carbocycles. The summed E-state index contributed by atoms with van der Waals surface area (Å²) < 4.78 is 0. The standard InChI is InChI=1S/C16H20N2/c1-4-13-7-5-6-8-16(13)18(3)15-11-9-14(17-2)10-12-15/h5-12,17H,4H2,1-3H3. The number of benzene rings is 2. The lowest BCUT2D eigenvalue weighted by Crippen LogP contribution is -2.11. The van der Waals surface area contributed by atoms with Crippen LogP contribution >= 0.6 is 0 Å². The van der Waals surface area contributed by atoms with Gasteiger partial charge in [-0.05, 0) is 42.3 Å². The summed E-state index contributed by atoms with van der Waals surface area (Å²) in [7, 11) is 4.05. The number of aryl methyl sites for hydroxylation is 1. The Hall–Kier alpha value is -1.96. The van der Waals surface area contributed by atoms with Crippen LogP contribution in [0.2, 0.25) is 0 Å². The van der Waals surface area contributed by atoms with Gasteiger partial charge in [-0.15, -0.1) is 0 Å². The highest BCUT2D eigenvalue weighted by molar-refractivity contribution is 5.67. The molecule has 1 N–H and O–H groups in total. The lowest BCUT2D eigenvalue weighted by molar-refractivity contribution is 1.09. The fourth-order valence-electron chi connectivity index (χ4n) is 2.13. The van der Waals surface area contributed by atoms with Gasteiger partial charge in [-0.25, -0.2) is 0 Å². The lowest BCUT2D eigenvalue weighted by atomic mass is 10.1. The average molecular weight is 240 g/mol. The molecule has 0 aromatic heterocycles. The number of nitrogens with zero attached hydrogens (tertiary/aromatic N) is 1. The van der Waals surface area contributed by atoms with E-state index in [1.165, 1.54) is 16.9 Å². The summed E-state index contributed by atoms with van der Waals surface area (Å²) >= 11 is 0. The Labute approximate surface area is 109 Å². The van der Waals surface area contributed by atoms with E-state index in [9.17, 15) is 0 Å². The average Bonchev–Trinajstić information content (AvgIpc) is 2.46. The highest BCUT2D eigenvalue weighted by atomic mass is 15.1. The van der Waals surface area contributed by atoms with Crippen LogP contribution in [0.25, 0.3) is 0 Å². The first-order valence-electron chi connectivity index (χ1n) is 6.35. The minimum absolute atomic E-state index is 1.05. The number of para-hydroxylation sites is 1. The van der Waals surface area contributed by atoms with Crippen molar-refractivity contribution in [3.8, 4) is 0 Å². The van der Waals surface area contributed by atoms with Crippen LogP contribution in [0.5, 0.6) is 0 Å². The molecule has 0 fully saturated rings. The molecular formula is C16H20N2. The second-order valence-electron chi connectivity index (χ2n) is 4.34. The molecule has 0 aliphatic carbocycles. The number of anilines is 3. The molecule has 94 valence electrons. The highest BCUT2D eigenvalue weighted by Gasteiger charge is 2.07. The van der Waals surface area contributed by atoms with E-state index in [0.717, 1.165) is 12.1 Å². The zero-order chi connectivity index (χ0) is 13.0. The van der Waals surface area contributed by atoms with Crippen molar-refractivity contribution in [1.82, 2.24) is 0 Å². The number of rotatable bonds is 4. The maximum absolute atomic E-state index is 3.14. The van der Waals surface area contributed by atoms with Crippen LogP contribution in [0.4, 0.5) is 17.1 Å². The van der Waals surface area contributed by atoms with Crippen LogP contribution in [0.3, 0.4) is 0 Å². The summed E-state index contributed by atoms with van der Waals surface area (Å²) in [5, 5.41) is 3.14. The van der Waals surface area contributed by atoms with Gasteiger partial charge in [0.25, 0.3) is 0 Å². The molecule has 0 aliphatic rings. The SMILES string of the molecule is CCc1ccccc1N(C)c1ccc(NC)cc1. The first-order valence-corrected chi connectivity index (χ1v) is 6.35. The van der Waals surface area contributed by atoms with Gasteiger partial charge < -0.3 is 10.2 Å². The van der Waals surface area contributed by atoms with E-state index in [4.69, 9.17) is 0 Å². The number of hydrogen-bond acceptors (Lipinski definition) is 2. The predicted molar refractivity (Wildman–Crippen MR) is 79.9 cm³/mol. The van der Waals surface area contributed by atoms with Gasteiger partial charge in [0.05, 0.1) is 0 Å². The zero-order valence-electron chi connectivity index (χ0n) is 11.3. The molecule has 2 heteroatoms. The van der Waals surface area contributed by atoms with Crippen molar-refractivity contribution in [1.29, 1.82) is 0 Å². The quantitative estimate of drug-likeness (QED) is 0.867. The first-order chi connectivity index (χ1) is 8.76. The summed E-state index contributed by atoms with van der Waals surface area (Å²) in [6, 6.07) is 17.0. The summed E-state index contributed by atoms with van der Waals surface area (Å²) in [6.45, 7) is 2.19. The normalized spacial score (nSPS) is 10.2. The Bertz CT molecular complexity index is 503. The van der Waals surface area contributed by atoms with E-state index in [1.807, 2.05) is 7.05 Å². The molecule has 18 heavy (non-hydrogen) atoms. The van der Waals surface area contributed by atoms with Crippen molar-refractivity contribution in [3.63, 3.8) is 0 Å². The Morgan fingerprint density at radius 1 is 1.00 bits per heavy atom. The van der Waals surface area contributed by atoms with Gasteiger partial charge in [0.15, 0.2) is 0 Å². The van der Waals surface area contributed by atoms with Gasteiger partial charge in [-0.3, -0.25) is 0 Å². The Morgan fingerprint density at radius 2 is 1.67 bits per heavy atom. The second-order valence-corrected chi connectivity index (χ2v) is 4.34. The molecule has 0 radical (unpaired) electrons. The number of nitrogens with one attached hydrogen (secondary N) is 1. The molecule has 0 unspecified atom stereocenters. The third kappa shape index (κ3) is 2.48. The van der Waals surface area contributed by atoms with E-state index in [-0.39, 0.29) is 0 Å². The van der Waals surface area contributed by atoms with Crippen LogP contribution < -0.4 is 10.2 Å². The van der Waals surface area contributed by atoms with Crippen molar-refractivity contribution in [2.45, 2.75) is 13.3 Å². The smallest absolute Gasteiger partial charge is 0.0440 e. The van der Waals surface area contributed by atoms with Crippen molar-refractivity contribution < 1.29 is 0 Å². The predicted octanol–water partition coefficient (Wildman–Crippen LogP) is 4.06. The van der Waals surface area contributed by atoms with Gasteiger partial charge in [0, 0.05) is 31.2 Å². The number of hydrogen-bond donors (Lipinski definition) is 1. The van der Waals surface area contributed by atoms with E-state index >= 15 is 0 Å². The summed E-state index contributed by atoms with van der Waals surface area (Å²) in [4.78, 5) is 2.23. The molecular weight excluding hydrogens is 220 g/mol. The lowest BCUT2D eigenvalue weighted by Gasteiger charge is -2.22. The van der Waals surface area contributed by atoms with Crippen LogP contribution in [-0.2, 0) is 6.42 Å². The molecule has 0 aliphatic heterocycles. The largest absolute Gasteiger partial charge is 0.388 e. The van der Waals surface area contributed by atoms with Crippen molar-refractivity contribution in [3.05, 3.63) is 54.1 Å².